The first-order chi connectivity index (χ1) is 5.67. The Balaban J connectivity index is 2.48. The van der Waals surface area contributed by atoms with Gasteiger partial charge in [-0.1, -0.05) is 0 Å². The van der Waals surface area contributed by atoms with Gasteiger partial charge in [-0.05, 0) is 0 Å². The van der Waals surface area contributed by atoms with Crippen LogP contribution in [0.1, 0.15) is 5.69 Å². The van der Waals surface area contributed by atoms with Gasteiger partial charge in [0.1, 0.15) is 6.20 Å². The Morgan fingerprint density at radius 2 is 2.42 bits per heavy atom. The van der Waals surface area contributed by atoms with Gasteiger partial charge in [0, 0.05) is 0 Å². The van der Waals surface area contributed by atoms with E-state index in [9.17, 15) is 8.42 Å². The zero-order chi connectivity index (χ0) is 8.60. The van der Waals surface area contributed by atoms with Gasteiger partial charge < -0.3 is 0 Å². The van der Waals surface area contributed by atoms with Crippen LogP contribution in [0.3, 0.4) is 0 Å². The molecule has 0 saturated carbocycles. The lowest BCUT2D eigenvalue weighted by Crippen LogP contribution is -2.35. The molecule has 0 amide bonds. The van der Waals surface area contributed by atoms with E-state index in [1.54, 1.807) is 0 Å². The van der Waals surface area contributed by atoms with Crippen molar-refractivity contribution in [2.24, 2.45) is 0 Å². The van der Waals surface area contributed by atoms with Crippen molar-refractivity contribution in [3.8, 4) is 0 Å². The number of anilines is 1. The van der Waals surface area contributed by atoms with E-state index in [1.165, 1.54) is 6.20 Å². The van der Waals surface area contributed by atoms with E-state index in [0.29, 0.717) is 5.69 Å². The van der Waals surface area contributed by atoms with Crippen LogP contribution in [0.2, 0.25) is 0 Å². The minimum Gasteiger partial charge on any atom is -0.254 e. The SMILES string of the molecule is O=S1(=O)NCc2nc[c]nc2N1. The Hall–Kier alpha value is -1.21. The zero-order valence-corrected chi connectivity index (χ0v) is 6.72. The first-order valence-corrected chi connectivity index (χ1v) is 4.65. The van der Waals surface area contributed by atoms with Gasteiger partial charge in [-0.15, -0.1) is 0 Å². The molecule has 0 aromatic carbocycles. The van der Waals surface area contributed by atoms with Crippen molar-refractivity contribution in [2.45, 2.75) is 6.54 Å². The fourth-order valence-corrected chi connectivity index (χ4v) is 1.68. The molecule has 0 fully saturated rings. The van der Waals surface area contributed by atoms with Crippen LogP contribution in [0.25, 0.3) is 0 Å². The third-order valence-corrected chi connectivity index (χ3v) is 2.37. The smallest absolute Gasteiger partial charge is 0.254 e. The van der Waals surface area contributed by atoms with Crippen LogP contribution in [0, 0.1) is 6.20 Å². The molecule has 1 aromatic heterocycles. The molecule has 6 nitrogen and oxygen atoms in total. The maximum atomic E-state index is 10.9. The first-order valence-electron chi connectivity index (χ1n) is 3.17. The lowest BCUT2D eigenvalue weighted by atomic mass is 10.4. The van der Waals surface area contributed by atoms with E-state index in [4.69, 9.17) is 0 Å². The van der Waals surface area contributed by atoms with Gasteiger partial charge in [-0.25, -0.2) is 4.98 Å². The quantitative estimate of drug-likeness (QED) is 0.545. The summed E-state index contributed by atoms with van der Waals surface area (Å²) in [5, 5.41) is 0. The van der Waals surface area contributed by atoms with Gasteiger partial charge in [-0.2, -0.15) is 13.1 Å². The third-order valence-electron chi connectivity index (χ3n) is 1.39. The van der Waals surface area contributed by atoms with Crippen LogP contribution in [-0.2, 0) is 16.8 Å². The monoisotopic (exact) mass is 185 g/mol. The maximum Gasteiger partial charge on any atom is 0.300 e. The van der Waals surface area contributed by atoms with Crippen molar-refractivity contribution in [3.63, 3.8) is 0 Å². The predicted octanol–water partition coefficient (Wildman–Crippen LogP) is -0.963. The molecule has 2 N–H and O–H groups in total. The summed E-state index contributed by atoms with van der Waals surface area (Å²) in [5.41, 5.74) is 0.573. The second-order valence-corrected chi connectivity index (χ2v) is 3.72. The average molecular weight is 185 g/mol. The highest BCUT2D eigenvalue weighted by Gasteiger charge is 2.20. The number of hydrogen-bond donors (Lipinski definition) is 2. The zero-order valence-electron chi connectivity index (χ0n) is 5.90. The molecule has 0 unspecified atom stereocenters. The van der Waals surface area contributed by atoms with Crippen LogP contribution in [0.5, 0.6) is 0 Å². The van der Waals surface area contributed by atoms with Gasteiger partial charge >= 0.3 is 10.2 Å². The second-order valence-electron chi connectivity index (χ2n) is 2.22. The number of aromatic nitrogens is 2. The number of hydrogen-bond acceptors (Lipinski definition) is 4. The van der Waals surface area contributed by atoms with Crippen LogP contribution < -0.4 is 9.44 Å². The lowest BCUT2D eigenvalue weighted by Gasteiger charge is -2.15. The average Bonchev–Trinajstić information content (AvgIpc) is 2.02. The van der Waals surface area contributed by atoms with Crippen LogP contribution in [0.4, 0.5) is 5.82 Å². The Morgan fingerprint density at radius 3 is 3.25 bits per heavy atom. The lowest BCUT2D eigenvalue weighted by molar-refractivity contribution is 0.582. The minimum atomic E-state index is -3.42. The first kappa shape index (κ1) is 7.44. The molecule has 1 aromatic rings. The standard InChI is InChI=1S/C5H5N4O2S/c10-12(11)8-3-4-5(9-12)7-2-1-6-4/h1,8H,3H2,(H,7,9). The molecule has 1 aliphatic heterocycles. The summed E-state index contributed by atoms with van der Waals surface area (Å²) in [6, 6.07) is 0. The van der Waals surface area contributed by atoms with Crippen molar-refractivity contribution < 1.29 is 8.42 Å². The van der Waals surface area contributed by atoms with Crippen molar-refractivity contribution in [2.75, 3.05) is 4.72 Å². The molecule has 0 atom stereocenters. The molecule has 12 heavy (non-hydrogen) atoms. The number of rotatable bonds is 0. The van der Waals surface area contributed by atoms with Gasteiger partial charge in [0.15, 0.2) is 5.82 Å². The van der Waals surface area contributed by atoms with Crippen molar-refractivity contribution in [3.05, 3.63) is 18.1 Å². The molecule has 0 spiro atoms. The summed E-state index contributed by atoms with van der Waals surface area (Å²) in [7, 11) is -3.42. The molecule has 1 aliphatic rings. The topological polar surface area (TPSA) is 84.0 Å². The maximum absolute atomic E-state index is 10.9. The molecule has 2 heterocycles. The molecule has 1 radical (unpaired) electrons. The Morgan fingerprint density at radius 1 is 1.58 bits per heavy atom. The highest BCUT2D eigenvalue weighted by atomic mass is 32.2. The van der Waals surface area contributed by atoms with Gasteiger partial charge in [-0.3, -0.25) is 9.71 Å². The van der Waals surface area contributed by atoms with E-state index in [2.05, 4.69) is 25.6 Å². The molecular formula is C5H5N4O2S. The van der Waals surface area contributed by atoms with Crippen molar-refractivity contribution >= 4 is 16.0 Å². The van der Waals surface area contributed by atoms with E-state index < -0.39 is 10.2 Å². The second kappa shape index (κ2) is 2.39. The largest absolute Gasteiger partial charge is 0.300 e. The normalized spacial score (nSPS) is 19.3. The van der Waals surface area contributed by atoms with Crippen LogP contribution in [0.15, 0.2) is 6.20 Å². The Labute approximate surface area is 69.2 Å². The summed E-state index contributed by atoms with van der Waals surface area (Å²) in [4.78, 5) is 7.57. The highest BCUT2D eigenvalue weighted by molar-refractivity contribution is 7.90. The summed E-state index contributed by atoms with van der Waals surface area (Å²) in [5.74, 6) is 0.247. The summed E-state index contributed by atoms with van der Waals surface area (Å²) in [6.45, 7) is 0.173. The number of nitrogens with zero attached hydrogens (tertiary/aromatic N) is 2. The fraction of sp³-hybridized carbons (Fsp3) is 0.200. The molecule has 7 heteroatoms. The minimum absolute atomic E-state index is 0.173. The predicted molar refractivity (Wildman–Crippen MR) is 40.3 cm³/mol. The molecule has 63 valence electrons. The highest BCUT2D eigenvalue weighted by Crippen LogP contribution is 2.13. The molecular weight excluding hydrogens is 180 g/mol. The molecule has 0 saturated heterocycles. The van der Waals surface area contributed by atoms with Gasteiger partial charge in [0.2, 0.25) is 0 Å². The molecule has 0 bridgehead atoms. The number of nitrogens with one attached hydrogen (secondary N) is 2. The van der Waals surface area contributed by atoms with Crippen LogP contribution in [-0.4, -0.2) is 18.4 Å². The van der Waals surface area contributed by atoms with Crippen molar-refractivity contribution in [1.29, 1.82) is 0 Å². The van der Waals surface area contributed by atoms with Gasteiger partial charge in [0.25, 0.3) is 0 Å². The van der Waals surface area contributed by atoms with Crippen LogP contribution >= 0.6 is 0 Å². The van der Waals surface area contributed by atoms with Gasteiger partial charge in [0.05, 0.1) is 18.4 Å². The third kappa shape index (κ3) is 1.23. The van der Waals surface area contributed by atoms with E-state index in [0.717, 1.165) is 0 Å². The summed E-state index contributed by atoms with van der Waals surface area (Å²) < 4.78 is 26.3. The summed E-state index contributed by atoms with van der Waals surface area (Å²) in [6.07, 6.45) is 3.83. The number of fused-ring (bicyclic) bond motifs is 1. The fourth-order valence-electron chi connectivity index (χ4n) is 0.864. The van der Waals surface area contributed by atoms with E-state index >= 15 is 0 Å². The van der Waals surface area contributed by atoms with E-state index in [1.807, 2.05) is 0 Å². The Kier molecular flexibility index (Phi) is 1.48. The summed E-state index contributed by atoms with van der Waals surface area (Å²) >= 11 is 0. The van der Waals surface area contributed by atoms with E-state index in [-0.39, 0.29) is 12.4 Å². The molecule has 0 aliphatic carbocycles. The Bertz CT molecular complexity index is 402. The van der Waals surface area contributed by atoms with Crippen molar-refractivity contribution in [1.82, 2.24) is 14.7 Å². The molecule has 2 rings (SSSR count).